The molecule has 45 heavy (non-hydrogen) atoms. The van der Waals surface area contributed by atoms with Gasteiger partial charge in [-0.2, -0.15) is 0 Å². The first-order chi connectivity index (χ1) is 22.1. The summed E-state index contributed by atoms with van der Waals surface area (Å²) in [5.74, 6) is 0. The average Bonchev–Trinajstić information content (AvgIpc) is 3.12. The summed E-state index contributed by atoms with van der Waals surface area (Å²) in [6, 6.07) is 55.1. The van der Waals surface area contributed by atoms with E-state index >= 15 is 0 Å². The minimum Gasteiger partial charge on any atom is -0.398 e. The van der Waals surface area contributed by atoms with Gasteiger partial charge in [-0.05, 0) is 73.0 Å². The molecule has 2 nitrogen and oxygen atoms in total. The van der Waals surface area contributed by atoms with Crippen LogP contribution in [-0.2, 0) is 13.0 Å². The van der Waals surface area contributed by atoms with Crippen LogP contribution in [0.3, 0.4) is 0 Å². The summed E-state index contributed by atoms with van der Waals surface area (Å²) in [6.45, 7) is 0.640. The van der Waals surface area contributed by atoms with Crippen LogP contribution in [0.4, 0.5) is 0 Å². The summed E-state index contributed by atoms with van der Waals surface area (Å²) in [5, 5.41) is 5.00. The Labute approximate surface area is 273 Å². The smallest absolute Gasteiger partial charge is 0.0350 e. The molecule has 0 spiro atoms. The Balaban J connectivity index is 0.000000390. The fourth-order valence-corrected chi connectivity index (χ4v) is 6.17. The van der Waals surface area contributed by atoms with E-state index in [1.165, 1.54) is 54.9 Å². The van der Waals surface area contributed by atoms with Gasteiger partial charge in [0, 0.05) is 16.7 Å². The van der Waals surface area contributed by atoms with Gasteiger partial charge in [-0.1, -0.05) is 174 Å². The minimum absolute atomic E-state index is 0.640. The highest BCUT2D eigenvalue weighted by Crippen LogP contribution is 2.39. The van der Waals surface area contributed by atoms with Crippen LogP contribution in [-0.4, -0.2) is 0 Å². The first kappa shape index (κ1) is 30.1. The highest BCUT2D eigenvalue weighted by atomic mass is 79.9. The number of hydrogen-bond donors (Lipinski definition) is 2. The second-order valence-corrected chi connectivity index (χ2v) is 11.8. The molecule has 0 radical (unpaired) electrons. The van der Waals surface area contributed by atoms with Crippen LogP contribution in [0.25, 0.3) is 49.5 Å². The summed E-state index contributed by atoms with van der Waals surface area (Å²) >= 11 is 3.72. The van der Waals surface area contributed by atoms with Crippen molar-refractivity contribution in [1.29, 1.82) is 0 Å². The van der Waals surface area contributed by atoms with Crippen molar-refractivity contribution in [3.8, 4) is 22.3 Å². The van der Waals surface area contributed by atoms with Gasteiger partial charge in [-0.15, -0.1) is 0 Å². The average molecular weight is 648 g/mol. The first-order valence-corrected chi connectivity index (χ1v) is 16.0. The number of rotatable bonds is 6. The van der Waals surface area contributed by atoms with E-state index in [2.05, 4.69) is 119 Å². The molecule has 0 aromatic heterocycles. The molecule has 0 unspecified atom stereocenters. The standard InChI is InChI=1S/C35H26BrN.C7H9N/c36-34-22-21-32(30-12-6-7-13-33(30)34)31-20-19-27(28-10-4-5-11-29(28)31)25-17-14-24(15-18-25)16-23-35(37)26-8-2-1-3-9-26;8-6-7-4-2-1-3-5-7/h1-15,17-23H,16,37H2;1-5H,6,8H2/b35-23-;. The van der Waals surface area contributed by atoms with Crippen molar-refractivity contribution in [2.24, 2.45) is 11.5 Å². The molecular weight excluding hydrogens is 612 g/mol. The van der Waals surface area contributed by atoms with Crippen LogP contribution in [0.2, 0.25) is 0 Å². The lowest BCUT2D eigenvalue weighted by Crippen LogP contribution is -1.96. The monoisotopic (exact) mass is 646 g/mol. The van der Waals surface area contributed by atoms with Gasteiger partial charge in [0.1, 0.15) is 0 Å². The Hall–Kier alpha value is -4.96. The Kier molecular flexibility index (Phi) is 9.50. The molecule has 7 aromatic rings. The van der Waals surface area contributed by atoms with E-state index in [-0.39, 0.29) is 0 Å². The third kappa shape index (κ3) is 6.91. The molecule has 0 saturated carbocycles. The maximum absolute atomic E-state index is 6.29. The molecule has 0 heterocycles. The molecule has 7 aromatic carbocycles. The Morgan fingerprint density at radius 3 is 1.58 bits per heavy atom. The fourth-order valence-electron chi connectivity index (χ4n) is 5.69. The number of allylic oxidation sites excluding steroid dienone is 1. The lowest BCUT2D eigenvalue weighted by Gasteiger charge is -2.15. The molecule has 0 aliphatic rings. The van der Waals surface area contributed by atoms with Crippen molar-refractivity contribution in [2.45, 2.75) is 13.0 Å². The van der Waals surface area contributed by atoms with Crippen molar-refractivity contribution in [2.75, 3.05) is 0 Å². The molecule has 0 aliphatic heterocycles. The summed E-state index contributed by atoms with van der Waals surface area (Å²) in [6.07, 6.45) is 2.90. The van der Waals surface area contributed by atoms with E-state index in [0.29, 0.717) is 6.54 Å². The normalized spacial score (nSPS) is 11.3. The Morgan fingerprint density at radius 1 is 0.489 bits per heavy atom. The molecule has 4 N–H and O–H groups in total. The third-order valence-electron chi connectivity index (χ3n) is 8.09. The molecule has 220 valence electrons. The molecule has 0 amide bonds. The summed E-state index contributed by atoms with van der Waals surface area (Å²) in [4.78, 5) is 0. The van der Waals surface area contributed by atoms with E-state index in [4.69, 9.17) is 11.5 Å². The molecule has 0 saturated heterocycles. The molecular formula is C42H35BrN2. The van der Waals surface area contributed by atoms with Crippen LogP contribution >= 0.6 is 15.9 Å². The Morgan fingerprint density at radius 2 is 0.978 bits per heavy atom. The summed E-state index contributed by atoms with van der Waals surface area (Å²) in [7, 11) is 0. The van der Waals surface area contributed by atoms with E-state index in [1.54, 1.807) is 0 Å². The van der Waals surface area contributed by atoms with Crippen LogP contribution in [0, 0.1) is 0 Å². The van der Waals surface area contributed by atoms with Crippen LogP contribution in [0.5, 0.6) is 0 Å². The van der Waals surface area contributed by atoms with Crippen molar-refractivity contribution < 1.29 is 0 Å². The van der Waals surface area contributed by atoms with E-state index in [9.17, 15) is 0 Å². The topological polar surface area (TPSA) is 52.0 Å². The van der Waals surface area contributed by atoms with Crippen LogP contribution in [0.1, 0.15) is 16.7 Å². The first-order valence-electron chi connectivity index (χ1n) is 15.2. The van der Waals surface area contributed by atoms with Crippen molar-refractivity contribution in [3.05, 3.63) is 185 Å². The predicted molar refractivity (Wildman–Crippen MR) is 197 cm³/mol. The van der Waals surface area contributed by atoms with Gasteiger partial charge in [0.2, 0.25) is 0 Å². The van der Waals surface area contributed by atoms with Gasteiger partial charge in [0.25, 0.3) is 0 Å². The lowest BCUT2D eigenvalue weighted by molar-refractivity contribution is 1.07. The van der Waals surface area contributed by atoms with Gasteiger partial charge in [-0.3, -0.25) is 0 Å². The highest BCUT2D eigenvalue weighted by Gasteiger charge is 2.12. The molecule has 0 atom stereocenters. The quantitative estimate of drug-likeness (QED) is 0.189. The number of hydrogen-bond acceptors (Lipinski definition) is 2. The number of halogens is 1. The third-order valence-corrected chi connectivity index (χ3v) is 8.78. The molecule has 0 bridgehead atoms. The van der Waals surface area contributed by atoms with E-state index in [1.807, 2.05) is 60.7 Å². The SMILES string of the molecule is N/C(=C\Cc1ccc(-c2ccc(-c3ccc(Br)c4ccccc34)c3ccccc23)cc1)c1ccccc1.NCc1ccccc1. The molecule has 0 fully saturated rings. The largest absolute Gasteiger partial charge is 0.398 e. The fraction of sp³-hybridized carbons (Fsp3) is 0.0476. The highest BCUT2D eigenvalue weighted by molar-refractivity contribution is 9.10. The zero-order valence-corrected chi connectivity index (χ0v) is 26.6. The predicted octanol–water partition coefficient (Wildman–Crippen LogP) is 10.8. The zero-order chi connectivity index (χ0) is 31.0. The van der Waals surface area contributed by atoms with Crippen LogP contribution < -0.4 is 11.5 Å². The molecule has 7 rings (SSSR count). The van der Waals surface area contributed by atoms with E-state index in [0.717, 1.165) is 22.2 Å². The maximum atomic E-state index is 6.29. The van der Waals surface area contributed by atoms with Crippen LogP contribution in [0.15, 0.2) is 168 Å². The molecule has 3 heteroatoms. The number of fused-ring (bicyclic) bond motifs is 2. The van der Waals surface area contributed by atoms with Crippen molar-refractivity contribution >= 4 is 43.2 Å². The van der Waals surface area contributed by atoms with Gasteiger partial charge in [-0.25, -0.2) is 0 Å². The maximum Gasteiger partial charge on any atom is 0.0350 e. The Bertz CT molecular complexity index is 2070. The van der Waals surface area contributed by atoms with E-state index < -0.39 is 0 Å². The zero-order valence-electron chi connectivity index (χ0n) is 25.0. The lowest BCUT2D eigenvalue weighted by atomic mass is 9.90. The van der Waals surface area contributed by atoms with Gasteiger partial charge in [0.15, 0.2) is 0 Å². The van der Waals surface area contributed by atoms with Crippen molar-refractivity contribution in [1.82, 2.24) is 0 Å². The van der Waals surface area contributed by atoms with Crippen molar-refractivity contribution in [3.63, 3.8) is 0 Å². The second kappa shape index (κ2) is 14.2. The second-order valence-electron chi connectivity index (χ2n) is 11.0. The number of benzene rings is 7. The van der Waals surface area contributed by atoms with Gasteiger partial charge < -0.3 is 11.5 Å². The van der Waals surface area contributed by atoms with Gasteiger partial charge in [0.05, 0.1) is 0 Å². The minimum atomic E-state index is 0.640. The summed E-state index contributed by atoms with van der Waals surface area (Å²) in [5.41, 5.74) is 20.9. The van der Waals surface area contributed by atoms with Gasteiger partial charge >= 0.3 is 0 Å². The number of nitrogens with two attached hydrogens (primary N) is 2. The summed E-state index contributed by atoms with van der Waals surface area (Å²) < 4.78 is 1.12. The molecule has 0 aliphatic carbocycles.